The maximum atomic E-state index is 11.7. The molecule has 1 fully saturated rings. The van der Waals surface area contributed by atoms with E-state index in [9.17, 15) is 9.59 Å². The molecule has 5 heteroatoms. The van der Waals surface area contributed by atoms with Crippen molar-refractivity contribution in [1.29, 1.82) is 0 Å². The predicted molar refractivity (Wildman–Crippen MR) is 69.3 cm³/mol. The number of carbonyl (C=O) groups excluding carboxylic acids is 1. The van der Waals surface area contributed by atoms with E-state index < -0.39 is 5.97 Å². The van der Waals surface area contributed by atoms with E-state index in [2.05, 4.69) is 24.5 Å². The van der Waals surface area contributed by atoms with Crippen LogP contribution in [-0.2, 0) is 4.79 Å². The highest BCUT2D eigenvalue weighted by Crippen LogP contribution is 2.33. The number of hydrogen-bond donors (Lipinski definition) is 3. The lowest BCUT2D eigenvalue weighted by molar-refractivity contribution is -0.137. The van der Waals surface area contributed by atoms with Gasteiger partial charge in [-0.2, -0.15) is 0 Å². The first kappa shape index (κ1) is 14.8. The summed E-state index contributed by atoms with van der Waals surface area (Å²) in [6.07, 6.45) is 3.27. The molecule has 0 aliphatic heterocycles. The van der Waals surface area contributed by atoms with Gasteiger partial charge < -0.3 is 15.7 Å². The minimum Gasteiger partial charge on any atom is -0.481 e. The van der Waals surface area contributed by atoms with Crippen LogP contribution in [0, 0.1) is 11.8 Å². The third-order valence-corrected chi connectivity index (χ3v) is 3.93. The van der Waals surface area contributed by atoms with Crippen LogP contribution in [0.2, 0.25) is 0 Å². The lowest BCUT2D eigenvalue weighted by Crippen LogP contribution is -2.47. The van der Waals surface area contributed by atoms with Crippen LogP contribution in [-0.4, -0.2) is 29.2 Å². The minimum atomic E-state index is -0.900. The van der Waals surface area contributed by atoms with Gasteiger partial charge in [0, 0.05) is 12.1 Å². The van der Waals surface area contributed by atoms with Gasteiger partial charge in [-0.25, -0.2) is 4.79 Å². The molecule has 0 radical (unpaired) electrons. The summed E-state index contributed by atoms with van der Waals surface area (Å²) >= 11 is 0. The van der Waals surface area contributed by atoms with Crippen LogP contribution in [0.4, 0.5) is 4.79 Å². The van der Waals surface area contributed by atoms with Gasteiger partial charge in [-0.05, 0) is 31.6 Å². The molecule has 0 spiro atoms. The SMILES string of the molecule is CCC1CCC(NC(=O)NC(C)CC(=O)O)C1C. The average molecular weight is 256 g/mol. The molecule has 4 atom stereocenters. The van der Waals surface area contributed by atoms with Gasteiger partial charge in [-0.15, -0.1) is 0 Å². The van der Waals surface area contributed by atoms with E-state index >= 15 is 0 Å². The van der Waals surface area contributed by atoms with E-state index in [0.29, 0.717) is 11.8 Å². The number of carboxylic acids is 1. The Balaban J connectivity index is 2.34. The van der Waals surface area contributed by atoms with Crippen molar-refractivity contribution in [2.75, 3.05) is 0 Å². The molecular weight excluding hydrogens is 232 g/mol. The number of nitrogens with one attached hydrogen (secondary N) is 2. The van der Waals surface area contributed by atoms with Crippen molar-refractivity contribution in [3.8, 4) is 0 Å². The number of aliphatic carboxylic acids is 1. The second-order valence-electron chi connectivity index (χ2n) is 5.33. The number of rotatable bonds is 5. The Morgan fingerprint density at radius 2 is 2.06 bits per heavy atom. The van der Waals surface area contributed by atoms with Crippen molar-refractivity contribution in [2.24, 2.45) is 11.8 Å². The van der Waals surface area contributed by atoms with Gasteiger partial charge in [0.05, 0.1) is 6.42 Å². The highest BCUT2D eigenvalue weighted by molar-refractivity contribution is 5.76. The van der Waals surface area contributed by atoms with Gasteiger partial charge in [-0.1, -0.05) is 20.3 Å². The molecule has 0 aromatic carbocycles. The van der Waals surface area contributed by atoms with Gasteiger partial charge in [0.2, 0.25) is 0 Å². The van der Waals surface area contributed by atoms with Crippen molar-refractivity contribution >= 4 is 12.0 Å². The zero-order valence-electron chi connectivity index (χ0n) is 11.4. The summed E-state index contributed by atoms with van der Waals surface area (Å²) < 4.78 is 0. The number of hydrogen-bond acceptors (Lipinski definition) is 2. The molecule has 1 rings (SSSR count). The van der Waals surface area contributed by atoms with Crippen molar-refractivity contribution in [3.05, 3.63) is 0 Å². The molecule has 1 aliphatic carbocycles. The van der Waals surface area contributed by atoms with Gasteiger partial charge in [-0.3, -0.25) is 4.79 Å². The van der Waals surface area contributed by atoms with E-state index in [1.807, 2.05) is 0 Å². The molecule has 104 valence electrons. The average Bonchev–Trinajstić information content (AvgIpc) is 2.58. The molecule has 0 aromatic heterocycles. The fourth-order valence-corrected chi connectivity index (χ4v) is 2.77. The Kier molecular flexibility index (Phi) is 5.44. The highest BCUT2D eigenvalue weighted by Gasteiger charge is 2.32. The number of carboxylic acid groups (broad SMARTS) is 1. The fraction of sp³-hybridized carbons (Fsp3) is 0.846. The maximum absolute atomic E-state index is 11.7. The molecular formula is C13H24N2O3. The summed E-state index contributed by atoms with van der Waals surface area (Å²) in [4.78, 5) is 22.2. The smallest absolute Gasteiger partial charge is 0.315 e. The van der Waals surface area contributed by atoms with E-state index in [1.54, 1.807) is 6.92 Å². The van der Waals surface area contributed by atoms with Crippen LogP contribution in [0.1, 0.15) is 46.5 Å². The van der Waals surface area contributed by atoms with Crippen LogP contribution in [0.5, 0.6) is 0 Å². The van der Waals surface area contributed by atoms with Crippen LogP contribution in [0.3, 0.4) is 0 Å². The molecule has 18 heavy (non-hydrogen) atoms. The van der Waals surface area contributed by atoms with E-state index in [0.717, 1.165) is 19.3 Å². The Morgan fingerprint density at radius 1 is 1.39 bits per heavy atom. The van der Waals surface area contributed by atoms with Crippen molar-refractivity contribution < 1.29 is 14.7 Å². The third-order valence-electron chi connectivity index (χ3n) is 3.93. The van der Waals surface area contributed by atoms with E-state index in [1.165, 1.54) is 0 Å². The first-order valence-corrected chi connectivity index (χ1v) is 6.72. The third kappa shape index (κ3) is 4.20. The van der Waals surface area contributed by atoms with Gasteiger partial charge >= 0.3 is 12.0 Å². The zero-order chi connectivity index (χ0) is 13.7. The molecule has 5 nitrogen and oxygen atoms in total. The van der Waals surface area contributed by atoms with Crippen molar-refractivity contribution in [3.63, 3.8) is 0 Å². The largest absolute Gasteiger partial charge is 0.481 e. The van der Waals surface area contributed by atoms with E-state index in [-0.39, 0.29) is 24.5 Å². The van der Waals surface area contributed by atoms with Crippen LogP contribution in [0.25, 0.3) is 0 Å². The summed E-state index contributed by atoms with van der Waals surface area (Å²) in [5.74, 6) is 0.283. The molecule has 0 saturated heterocycles. The summed E-state index contributed by atoms with van der Waals surface area (Å²) in [5, 5.41) is 14.2. The summed E-state index contributed by atoms with van der Waals surface area (Å²) in [6.45, 7) is 6.05. The number of urea groups is 1. The normalized spacial score (nSPS) is 28.7. The molecule has 1 saturated carbocycles. The Bertz CT molecular complexity index is 307. The summed E-state index contributed by atoms with van der Waals surface area (Å²) in [6, 6.07) is -0.384. The van der Waals surface area contributed by atoms with Gasteiger partial charge in [0.15, 0.2) is 0 Å². The molecule has 1 aliphatic rings. The molecule has 3 N–H and O–H groups in total. The first-order chi connectivity index (χ1) is 8.43. The summed E-state index contributed by atoms with van der Waals surface area (Å²) in [5.41, 5.74) is 0. The van der Waals surface area contributed by atoms with Crippen LogP contribution in [0.15, 0.2) is 0 Å². The number of carbonyl (C=O) groups is 2. The van der Waals surface area contributed by atoms with Crippen LogP contribution < -0.4 is 10.6 Å². The Hall–Kier alpha value is -1.26. The van der Waals surface area contributed by atoms with Gasteiger partial charge in [0.1, 0.15) is 0 Å². The first-order valence-electron chi connectivity index (χ1n) is 6.72. The molecule has 4 unspecified atom stereocenters. The van der Waals surface area contributed by atoms with Gasteiger partial charge in [0.25, 0.3) is 0 Å². The number of amides is 2. The maximum Gasteiger partial charge on any atom is 0.315 e. The van der Waals surface area contributed by atoms with Crippen molar-refractivity contribution in [1.82, 2.24) is 10.6 Å². The molecule has 0 heterocycles. The lowest BCUT2D eigenvalue weighted by atomic mass is 9.93. The molecule has 0 aromatic rings. The lowest BCUT2D eigenvalue weighted by Gasteiger charge is -2.22. The topological polar surface area (TPSA) is 78.4 Å². The van der Waals surface area contributed by atoms with Crippen LogP contribution >= 0.6 is 0 Å². The fourth-order valence-electron chi connectivity index (χ4n) is 2.77. The standard InChI is InChI=1S/C13H24N2O3/c1-4-10-5-6-11(9(10)3)15-13(18)14-8(2)7-12(16)17/h8-11H,4-7H2,1-3H3,(H,16,17)(H2,14,15,18). The second-order valence-corrected chi connectivity index (χ2v) is 5.33. The summed E-state index contributed by atoms with van der Waals surface area (Å²) in [7, 11) is 0. The second kappa shape index (κ2) is 6.61. The zero-order valence-corrected chi connectivity index (χ0v) is 11.4. The molecule has 2 amide bonds. The Labute approximate surface area is 108 Å². The Morgan fingerprint density at radius 3 is 2.56 bits per heavy atom. The van der Waals surface area contributed by atoms with Crippen molar-refractivity contribution in [2.45, 2.75) is 58.5 Å². The van der Waals surface area contributed by atoms with E-state index in [4.69, 9.17) is 5.11 Å². The minimum absolute atomic E-state index is 0.0504. The quantitative estimate of drug-likeness (QED) is 0.703. The highest BCUT2D eigenvalue weighted by atomic mass is 16.4. The molecule has 0 bridgehead atoms. The predicted octanol–water partition coefficient (Wildman–Crippen LogP) is 1.97. The monoisotopic (exact) mass is 256 g/mol.